The Morgan fingerprint density at radius 1 is 0.900 bits per heavy atom. The second kappa shape index (κ2) is 5.70. The van der Waals surface area contributed by atoms with Crippen molar-refractivity contribution < 1.29 is 0 Å². The Morgan fingerprint density at radius 3 is 1.90 bits per heavy atom. The maximum Gasteiger partial charge on any atom is 0.131 e. The first kappa shape index (κ1) is 15.3. The first-order valence-electron chi connectivity index (χ1n) is 7.48. The minimum absolute atomic E-state index is 0.645. The monoisotopic (exact) mass is 285 g/mol. The Hall–Kier alpha value is -1.12. The SMILES string of the molecule is CC1=C(C)C([Si](C)(C)NCc2ccccc2)C(C)=C1C. The number of rotatable bonds is 4. The lowest BCUT2D eigenvalue weighted by Crippen LogP contribution is -2.48. The molecule has 1 aromatic rings. The second-order valence-electron chi connectivity index (χ2n) is 6.61. The highest BCUT2D eigenvalue weighted by Gasteiger charge is 2.38. The smallest absolute Gasteiger partial charge is 0.131 e. The van der Waals surface area contributed by atoms with E-state index in [0.717, 1.165) is 6.54 Å². The average molecular weight is 286 g/mol. The van der Waals surface area contributed by atoms with E-state index in [1.807, 2.05) is 0 Å². The predicted molar refractivity (Wildman–Crippen MR) is 91.3 cm³/mol. The van der Waals surface area contributed by atoms with Crippen molar-refractivity contribution in [2.24, 2.45) is 0 Å². The van der Waals surface area contributed by atoms with Crippen molar-refractivity contribution in [3.05, 3.63) is 58.2 Å². The van der Waals surface area contributed by atoms with E-state index in [1.165, 1.54) is 16.7 Å². The molecular formula is C18H27NSi. The third-order valence-corrected chi connectivity index (χ3v) is 8.32. The largest absolute Gasteiger partial charge is 0.333 e. The van der Waals surface area contributed by atoms with E-state index in [1.54, 1.807) is 11.1 Å². The van der Waals surface area contributed by atoms with Crippen LogP contribution in [-0.4, -0.2) is 8.24 Å². The molecular weight excluding hydrogens is 258 g/mol. The van der Waals surface area contributed by atoms with Gasteiger partial charge in [-0.25, -0.2) is 0 Å². The second-order valence-corrected chi connectivity index (χ2v) is 11.0. The quantitative estimate of drug-likeness (QED) is 0.764. The molecule has 0 radical (unpaired) electrons. The predicted octanol–water partition coefficient (Wildman–Crippen LogP) is 5.04. The molecule has 2 heteroatoms. The van der Waals surface area contributed by atoms with Crippen molar-refractivity contribution in [3.8, 4) is 0 Å². The van der Waals surface area contributed by atoms with Gasteiger partial charge >= 0.3 is 0 Å². The van der Waals surface area contributed by atoms with Gasteiger partial charge < -0.3 is 4.98 Å². The van der Waals surface area contributed by atoms with E-state index < -0.39 is 8.24 Å². The van der Waals surface area contributed by atoms with Gasteiger partial charge in [0.1, 0.15) is 8.24 Å². The zero-order valence-electron chi connectivity index (χ0n) is 13.7. The number of hydrogen-bond acceptors (Lipinski definition) is 1. The summed E-state index contributed by atoms with van der Waals surface area (Å²) < 4.78 is 0. The van der Waals surface area contributed by atoms with E-state index in [9.17, 15) is 0 Å². The summed E-state index contributed by atoms with van der Waals surface area (Å²) in [5.41, 5.74) is 8.20. The minimum Gasteiger partial charge on any atom is -0.333 e. The fraction of sp³-hybridized carbons (Fsp3) is 0.444. The molecule has 1 aromatic carbocycles. The maximum absolute atomic E-state index is 3.89. The van der Waals surface area contributed by atoms with Gasteiger partial charge in [-0.05, 0) is 44.4 Å². The van der Waals surface area contributed by atoms with Gasteiger partial charge in [0.05, 0.1) is 0 Å². The highest BCUT2D eigenvalue weighted by atomic mass is 28.3. The van der Waals surface area contributed by atoms with Crippen molar-refractivity contribution in [1.29, 1.82) is 0 Å². The summed E-state index contributed by atoms with van der Waals surface area (Å²) in [6.45, 7) is 15.1. The summed E-state index contributed by atoms with van der Waals surface area (Å²) in [6, 6.07) is 10.7. The molecule has 1 N–H and O–H groups in total. The molecule has 0 atom stereocenters. The van der Waals surface area contributed by atoms with Crippen LogP contribution in [0.5, 0.6) is 0 Å². The molecule has 0 saturated carbocycles. The Labute approximate surface area is 124 Å². The molecule has 0 fully saturated rings. The van der Waals surface area contributed by atoms with E-state index in [2.05, 4.69) is 76.1 Å². The van der Waals surface area contributed by atoms with Gasteiger partial charge in [0, 0.05) is 12.1 Å². The third-order valence-electron chi connectivity index (χ3n) is 4.92. The molecule has 0 bridgehead atoms. The lowest BCUT2D eigenvalue weighted by molar-refractivity contribution is 0.873. The summed E-state index contributed by atoms with van der Waals surface area (Å²) in [7, 11) is -1.53. The van der Waals surface area contributed by atoms with Gasteiger partial charge in [0.2, 0.25) is 0 Å². The fourth-order valence-corrected chi connectivity index (χ4v) is 6.92. The van der Waals surface area contributed by atoms with Gasteiger partial charge in [-0.1, -0.05) is 54.6 Å². The van der Waals surface area contributed by atoms with Crippen LogP contribution in [0.4, 0.5) is 0 Å². The molecule has 1 nitrogen and oxygen atoms in total. The minimum atomic E-state index is -1.53. The summed E-state index contributed by atoms with van der Waals surface area (Å²) in [5.74, 6) is 0. The van der Waals surface area contributed by atoms with Gasteiger partial charge in [0.25, 0.3) is 0 Å². The van der Waals surface area contributed by atoms with Gasteiger partial charge in [-0.15, -0.1) is 0 Å². The first-order valence-corrected chi connectivity index (χ1v) is 10.6. The molecule has 0 unspecified atom stereocenters. The van der Waals surface area contributed by atoms with E-state index >= 15 is 0 Å². The van der Waals surface area contributed by atoms with Crippen LogP contribution in [0.25, 0.3) is 0 Å². The maximum atomic E-state index is 3.89. The highest BCUT2D eigenvalue weighted by molar-refractivity contribution is 6.77. The van der Waals surface area contributed by atoms with Crippen molar-refractivity contribution in [2.75, 3.05) is 0 Å². The standard InChI is InChI=1S/C18H27NSi/c1-13-14(2)16(4)18(15(13)3)20(5,6)19-12-17-10-8-7-9-11-17/h7-11,18-19H,12H2,1-6H3. The van der Waals surface area contributed by atoms with Crippen molar-refractivity contribution in [2.45, 2.75) is 52.9 Å². The summed E-state index contributed by atoms with van der Waals surface area (Å²) in [5, 5.41) is 0. The highest BCUT2D eigenvalue weighted by Crippen LogP contribution is 2.45. The summed E-state index contributed by atoms with van der Waals surface area (Å²) >= 11 is 0. The van der Waals surface area contributed by atoms with Crippen LogP contribution >= 0.6 is 0 Å². The Balaban J connectivity index is 2.15. The van der Waals surface area contributed by atoms with Crippen LogP contribution < -0.4 is 4.98 Å². The summed E-state index contributed by atoms with van der Waals surface area (Å²) in [4.78, 5) is 3.89. The zero-order valence-corrected chi connectivity index (χ0v) is 14.7. The number of hydrogen-bond donors (Lipinski definition) is 1. The molecule has 0 heterocycles. The van der Waals surface area contributed by atoms with Crippen molar-refractivity contribution in [3.63, 3.8) is 0 Å². The summed E-state index contributed by atoms with van der Waals surface area (Å²) in [6.07, 6.45) is 0. The van der Waals surface area contributed by atoms with Crippen LogP contribution in [0, 0.1) is 0 Å². The molecule has 2 rings (SSSR count). The average Bonchev–Trinajstić information content (AvgIpc) is 2.62. The normalized spacial score (nSPS) is 17.3. The third kappa shape index (κ3) is 2.81. The van der Waals surface area contributed by atoms with Crippen LogP contribution in [0.2, 0.25) is 18.6 Å². The lowest BCUT2D eigenvalue weighted by Gasteiger charge is -2.33. The van der Waals surface area contributed by atoms with Gasteiger partial charge in [0.15, 0.2) is 0 Å². The Morgan fingerprint density at radius 2 is 1.40 bits per heavy atom. The molecule has 0 aliphatic heterocycles. The van der Waals surface area contributed by atoms with Crippen LogP contribution in [-0.2, 0) is 6.54 Å². The fourth-order valence-electron chi connectivity index (χ4n) is 3.46. The molecule has 0 saturated heterocycles. The van der Waals surface area contributed by atoms with E-state index in [-0.39, 0.29) is 0 Å². The van der Waals surface area contributed by atoms with E-state index in [4.69, 9.17) is 0 Å². The number of allylic oxidation sites excluding steroid dienone is 4. The van der Waals surface area contributed by atoms with Crippen LogP contribution in [0.15, 0.2) is 52.6 Å². The van der Waals surface area contributed by atoms with Gasteiger partial charge in [-0.3, -0.25) is 0 Å². The van der Waals surface area contributed by atoms with Gasteiger partial charge in [-0.2, -0.15) is 0 Å². The Bertz CT molecular complexity index is 528. The molecule has 0 spiro atoms. The lowest BCUT2D eigenvalue weighted by atomic mass is 10.1. The Kier molecular flexibility index (Phi) is 4.36. The first-order chi connectivity index (χ1) is 9.34. The van der Waals surface area contributed by atoms with E-state index in [0.29, 0.717) is 5.54 Å². The molecule has 108 valence electrons. The van der Waals surface area contributed by atoms with Crippen LogP contribution in [0.3, 0.4) is 0 Å². The van der Waals surface area contributed by atoms with Crippen molar-refractivity contribution in [1.82, 2.24) is 4.98 Å². The molecule has 0 amide bonds. The molecule has 20 heavy (non-hydrogen) atoms. The van der Waals surface area contributed by atoms with Crippen LogP contribution in [0.1, 0.15) is 33.3 Å². The molecule has 0 aromatic heterocycles. The number of benzene rings is 1. The zero-order chi connectivity index (χ0) is 14.9. The topological polar surface area (TPSA) is 12.0 Å². The molecule has 1 aliphatic rings. The number of nitrogens with one attached hydrogen (secondary N) is 1. The van der Waals surface area contributed by atoms with Crippen molar-refractivity contribution >= 4 is 8.24 Å². The molecule has 1 aliphatic carbocycles.